The van der Waals surface area contributed by atoms with E-state index in [1.165, 1.54) is 0 Å². The minimum absolute atomic E-state index is 0.0987. The van der Waals surface area contributed by atoms with E-state index in [0.717, 1.165) is 14.9 Å². The maximum atomic E-state index is 12.8. The average Bonchev–Trinajstić information content (AvgIpc) is 2.89. The lowest BCUT2D eigenvalue weighted by atomic mass is 9.96. The summed E-state index contributed by atoms with van der Waals surface area (Å²) in [6, 6.07) is 9.15. The number of rotatable bonds is 5. The Morgan fingerprint density at radius 2 is 1.88 bits per heavy atom. The second kappa shape index (κ2) is 7.39. The summed E-state index contributed by atoms with van der Waals surface area (Å²) in [6.45, 7) is 1.93. The molecule has 0 aliphatic heterocycles. The van der Waals surface area contributed by atoms with Crippen LogP contribution >= 0.6 is 26.5 Å². The van der Waals surface area contributed by atoms with Crippen LogP contribution in [0.15, 0.2) is 39.7 Å². The number of fused-ring (bicyclic) bond motifs is 1. The molecule has 0 amide bonds. The van der Waals surface area contributed by atoms with E-state index in [4.69, 9.17) is 20.9 Å². The molecule has 0 saturated heterocycles. The van der Waals surface area contributed by atoms with Crippen molar-refractivity contribution in [3.63, 3.8) is 0 Å². The summed E-state index contributed by atoms with van der Waals surface area (Å²) in [5.74, 6) is 1.28. The Bertz CT molecular complexity index is 847. The molecule has 0 heterocycles. The molecule has 0 fully saturated rings. The smallest absolute Gasteiger partial charge is 0.168 e. The van der Waals surface area contributed by atoms with Gasteiger partial charge in [0.25, 0.3) is 0 Å². The van der Waals surface area contributed by atoms with Crippen molar-refractivity contribution in [1.82, 2.24) is 0 Å². The Balaban J connectivity index is 2.11. The molecule has 136 valence electrons. The molecule has 3 rings (SSSR count). The van der Waals surface area contributed by atoms with Gasteiger partial charge < -0.3 is 4.74 Å². The Hall–Kier alpha value is -1.28. The van der Waals surface area contributed by atoms with E-state index in [-0.39, 0.29) is 11.7 Å². The number of carbonyl (C=O) groups is 1. The molecule has 1 aliphatic carbocycles. The molecule has 1 unspecified atom stereocenters. The van der Waals surface area contributed by atoms with Gasteiger partial charge in [-0.05, 0) is 30.7 Å². The topological polar surface area (TPSA) is 44.8 Å². The Morgan fingerprint density at radius 1 is 1.19 bits per heavy atom. The predicted octanol–water partition coefficient (Wildman–Crippen LogP) is 4.33. The third-order valence-corrected chi connectivity index (χ3v) is 7.46. The van der Waals surface area contributed by atoms with Gasteiger partial charge in [-0.3, -0.25) is 13.2 Å². The van der Waals surface area contributed by atoms with Gasteiger partial charge in [-0.1, -0.05) is 34.4 Å². The highest BCUT2D eigenvalue weighted by Gasteiger charge is 2.36. The largest absolute Gasteiger partial charge is 0.457 e. The van der Waals surface area contributed by atoms with Crippen molar-refractivity contribution >= 4 is 45.6 Å². The molecular weight excluding hydrogens is 415 g/mol. The van der Waals surface area contributed by atoms with Crippen molar-refractivity contribution in [2.75, 3.05) is 20.5 Å². The Labute approximate surface area is 165 Å². The Kier molecular flexibility index (Phi) is 5.54. The van der Waals surface area contributed by atoms with Crippen LogP contribution in [0.4, 0.5) is 0 Å². The molecule has 0 saturated carbocycles. The number of Topliss-reactive ketones (excluding diaryl/α,β-unsaturated/α-hetero) is 1. The average molecular weight is 435 g/mol. The van der Waals surface area contributed by atoms with E-state index in [9.17, 15) is 4.79 Å². The van der Waals surface area contributed by atoms with E-state index in [1.807, 2.05) is 31.4 Å². The van der Waals surface area contributed by atoms with Crippen LogP contribution in [0.5, 0.6) is 11.5 Å². The first-order valence-electron chi connectivity index (χ1n) is 8.12. The zero-order valence-electron chi connectivity index (χ0n) is 15.2. The molecule has 26 heavy (non-hydrogen) atoms. The third-order valence-electron chi connectivity index (χ3n) is 4.59. The number of hydrogen-bond donors (Lipinski definition) is 0. The van der Waals surface area contributed by atoms with Crippen LogP contribution in [-0.4, -0.2) is 34.1 Å². The van der Waals surface area contributed by atoms with Crippen LogP contribution in [-0.2, 0) is 14.8 Å². The number of ketones is 1. The third kappa shape index (κ3) is 3.45. The Morgan fingerprint density at radius 3 is 2.50 bits per heavy atom. The van der Waals surface area contributed by atoms with Crippen LogP contribution in [0.2, 0.25) is 0 Å². The van der Waals surface area contributed by atoms with Gasteiger partial charge in [0.15, 0.2) is 5.78 Å². The fourth-order valence-corrected chi connectivity index (χ4v) is 5.04. The van der Waals surface area contributed by atoms with E-state index >= 15 is 0 Å². The zero-order chi connectivity index (χ0) is 19.1. The summed E-state index contributed by atoms with van der Waals surface area (Å²) in [4.78, 5) is 13.6. The molecule has 1 aliphatic rings. The first kappa shape index (κ1) is 19.5. The molecule has 2 aromatic carbocycles. The van der Waals surface area contributed by atoms with Gasteiger partial charge >= 0.3 is 0 Å². The lowest BCUT2D eigenvalue weighted by Crippen LogP contribution is -2.11. The number of carbonyl (C=O) groups excluding carboxylic acids is 1. The van der Waals surface area contributed by atoms with E-state index in [2.05, 4.69) is 15.9 Å². The highest BCUT2D eigenvalue weighted by molar-refractivity contribution is 9.10. The van der Waals surface area contributed by atoms with Crippen LogP contribution < -0.4 is 10.2 Å². The van der Waals surface area contributed by atoms with Gasteiger partial charge in [0, 0.05) is 27.8 Å². The second-order valence-electron chi connectivity index (χ2n) is 6.31. The summed E-state index contributed by atoms with van der Waals surface area (Å²) in [6.07, 6.45) is 2.51. The van der Waals surface area contributed by atoms with Crippen LogP contribution in [0, 0.1) is 5.92 Å². The fraction of sp³-hybridized carbons (Fsp3) is 0.316. The molecule has 0 aromatic heterocycles. The summed E-state index contributed by atoms with van der Waals surface area (Å²) in [5, 5.41) is 0. The van der Waals surface area contributed by atoms with Crippen LogP contribution in [0.3, 0.4) is 0 Å². The standard InChI is InChI=1S/C19H20BBrO4S/c1-11-7-15-16(25-14-9-12(20)8-13(21)10-14)5-6-17(18(15)19(11)22)26(4,23-2)24-3/h5-6,8-11H,7H2,1-4H3. The van der Waals surface area contributed by atoms with Crippen molar-refractivity contribution in [2.45, 2.75) is 18.2 Å². The van der Waals surface area contributed by atoms with Gasteiger partial charge in [0.2, 0.25) is 0 Å². The molecule has 7 heteroatoms. The van der Waals surface area contributed by atoms with Crippen molar-refractivity contribution in [2.24, 2.45) is 5.92 Å². The van der Waals surface area contributed by atoms with Crippen molar-refractivity contribution in [3.8, 4) is 11.5 Å². The maximum absolute atomic E-state index is 12.8. The second-order valence-corrected chi connectivity index (χ2v) is 9.88. The van der Waals surface area contributed by atoms with Crippen LogP contribution in [0.25, 0.3) is 0 Å². The first-order valence-corrected chi connectivity index (χ1v) is 10.8. The predicted molar refractivity (Wildman–Crippen MR) is 109 cm³/mol. The van der Waals surface area contributed by atoms with E-state index in [1.54, 1.807) is 26.4 Å². The molecule has 2 radical (unpaired) electrons. The highest BCUT2D eigenvalue weighted by atomic mass is 79.9. The summed E-state index contributed by atoms with van der Waals surface area (Å²) >= 11 is 3.42. The minimum atomic E-state index is -1.98. The molecule has 0 N–H and O–H groups in total. The quantitative estimate of drug-likeness (QED) is 0.657. The van der Waals surface area contributed by atoms with Crippen molar-refractivity contribution in [3.05, 3.63) is 45.9 Å². The first-order chi connectivity index (χ1) is 12.3. The summed E-state index contributed by atoms with van der Waals surface area (Å²) in [7, 11) is 7.11. The highest BCUT2D eigenvalue weighted by Crippen LogP contribution is 2.57. The van der Waals surface area contributed by atoms with Crippen molar-refractivity contribution in [1.29, 1.82) is 0 Å². The van der Waals surface area contributed by atoms with Gasteiger partial charge in [-0.2, -0.15) is 10.6 Å². The molecule has 4 nitrogen and oxygen atoms in total. The number of benzene rings is 2. The SMILES string of the molecule is [B]c1cc(Br)cc(Oc2ccc(S(C)(OC)OC)c3c2CC(C)C3=O)c1. The molecular formula is C19H20BBrO4S. The lowest BCUT2D eigenvalue weighted by Gasteiger charge is -2.38. The lowest BCUT2D eigenvalue weighted by molar-refractivity contribution is 0.0943. The fourth-order valence-electron chi connectivity index (χ4n) is 3.15. The molecule has 2 aromatic rings. The summed E-state index contributed by atoms with van der Waals surface area (Å²) < 4.78 is 18.1. The maximum Gasteiger partial charge on any atom is 0.168 e. The van der Waals surface area contributed by atoms with Gasteiger partial charge in [-0.15, -0.1) is 0 Å². The number of halogens is 1. The van der Waals surface area contributed by atoms with Crippen LogP contribution in [0.1, 0.15) is 22.8 Å². The van der Waals surface area contributed by atoms with Gasteiger partial charge in [-0.25, -0.2) is 0 Å². The molecule has 0 bridgehead atoms. The van der Waals surface area contributed by atoms with Gasteiger partial charge in [0.05, 0.1) is 19.1 Å². The van der Waals surface area contributed by atoms with E-state index < -0.39 is 10.6 Å². The molecule has 1 atom stereocenters. The minimum Gasteiger partial charge on any atom is -0.457 e. The zero-order valence-corrected chi connectivity index (χ0v) is 17.6. The summed E-state index contributed by atoms with van der Waals surface area (Å²) in [5.41, 5.74) is 2.16. The van der Waals surface area contributed by atoms with E-state index in [0.29, 0.717) is 28.9 Å². The van der Waals surface area contributed by atoms with Crippen molar-refractivity contribution < 1.29 is 17.9 Å². The van der Waals surface area contributed by atoms with Gasteiger partial charge in [0.1, 0.15) is 19.3 Å². The number of hydrogen-bond acceptors (Lipinski definition) is 4. The monoisotopic (exact) mass is 434 g/mol. The number of ether oxygens (including phenoxy) is 1. The molecule has 0 spiro atoms. The normalized spacial score (nSPS) is 17.3.